The molecule has 2 aliphatic rings. The minimum Gasteiger partial charge on any atom is -0.459 e. The molecule has 0 bridgehead atoms. The van der Waals surface area contributed by atoms with E-state index in [1.165, 1.54) is 6.26 Å². The smallest absolute Gasteiger partial charge is 0.289 e. The number of amides is 2. The standard InChI is InChI=1S/C19H19ClN2O3/c20-15-5-3-14(4-6-15)19(7-8-19)18(24)22-11-9-21(10-12-22)17(23)16-2-1-13-25-16/h1-6,13H,7-12H2. The van der Waals surface area contributed by atoms with Crippen molar-refractivity contribution >= 4 is 23.4 Å². The largest absolute Gasteiger partial charge is 0.459 e. The van der Waals surface area contributed by atoms with Crippen molar-refractivity contribution in [3.63, 3.8) is 0 Å². The Balaban J connectivity index is 1.41. The van der Waals surface area contributed by atoms with Crippen LogP contribution in [0.2, 0.25) is 5.02 Å². The van der Waals surface area contributed by atoms with Crippen LogP contribution in [0, 0.1) is 0 Å². The van der Waals surface area contributed by atoms with E-state index in [1.54, 1.807) is 17.0 Å². The summed E-state index contributed by atoms with van der Waals surface area (Å²) in [6, 6.07) is 10.9. The summed E-state index contributed by atoms with van der Waals surface area (Å²) in [6.07, 6.45) is 3.24. The third-order valence-electron chi connectivity index (χ3n) is 5.14. The van der Waals surface area contributed by atoms with E-state index in [1.807, 2.05) is 29.2 Å². The summed E-state index contributed by atoms with van der Waals surface area (Å²) < 4.78 is 5.17. The summed E-state index contributed by atoms with van der Waals surface area (Å²) >= 11 is 5.96. The summed E-state index contributed by atoms with van der Waals surface area (Å²) in [5.41, 5.74) is 0.647. The maximum Gasteiger partial charge on any atom is 0.289 e. The van der Waals surface area contributed by atoms with Crippen LogP contribution in [0.5, 0.6) is 0 Å². The first-order valence-electron chi connectivity index (χ1n) is 8.48. The van der Waals surface area contributed by atoms with Crippen LogP contribution in [0.4, 0.5) is 0 Å². The second-order valence-corrected chi connectivity index (χ2v) is 7.09. The fourth-order valence-electron chi connectivity index (χ4n) is 3.49. The minimum atomic E-state index is -0.391. The Bertz CT molecular complexity index is 774. The summed E-state index contributed by atoms with van der Waals surface area (Å²) in [5, 5.41) is 0.678. The molecule has 0 radical (unpaired) electrons. The van der Waals surface area contributed by atoms with Crippen LogP contribution >= 0.6 is 11.6 Å². The first-order valence-corrected chi connectivity index (χ1v) is 8.86. The van der Waals surface area contributed by atoms with Gasteiger partial charge >= 0.3 is 0 Å². The van der Waals surface area contributed by atoms with Crippen LogP contribution < -0.4 is 0 Å². The van der Waals surface area contributed by atoms with Gasteiger partial charge in [-0.3, -0.25) is 9.59 Å². The molecule has 2 fully saturated rings. The third kappa shape index (κ3) is 2.93. The van der Waals surface area contributed by atoms with Gasteiger partial charge in [-0.2, -0.15) is 0 Å². The highest BCUT2D eigenvalue weighted by molar-refractivity contribution is 6.30. The van der Waals surface area contributed by atoms with Gasteiger partial charge in [-0.25, -0.2) is 0 Å². The number of halogens is 1. The van der Waals surface area contributed by atoms with Crippen molar-refractivity contribution in [2.45, 2.75) is 18.3 Å². The number of piperazine rings is 1. The number of carbonyl (C=O) groups excluding carboxylic acids is 2. The molecule has 130 valence electrons. The molecule has 25 heavy (non-hydrogen) atoms. The lowest BCUT2D eigenvalue weighted by atomic mass is 9.94. The number of benzene rings is 1. The molecule has 4 rings (SSSR count). The van der Waals surface area contributed by atoms with E-state index >= 15 is 0 Å². The third-order valence-corrected chi connectivity index (χ3v) is 5.39. The molecular formula is C19H19ClN2O3. The first kappa shape index (κ1) is 16.2. The Morgan fingerprint density at radius 3 is 2.16 bits per heavy atom. The number of furan rings is 1. The van der Waals surface area contributed by atoms with E-state index < -0.39 is 5.41 Å². The fraction of sp³-hybridized carbons (Fsp3) is 0.368. The molecule has 2 heterocycles. The van der Waals surface area contributed by atoms with Gasteiger partial charge < -0.3 is 14.2 Å². The maximum atomic E-state index is 13.0. The average molecular weight is 359 g/mol. The average Bonchev–Trinajstić information content (AvgIpc) is 3.27. The lowest BCUT2D eigenvalue weighted by Gasteiger charge is -2.36. The summed E-state index contributed by atoms with van der Waals surface area (Å²) in [7, 11) is 0. The Hall–Kier alpha value is -2.27. The molecule has 2 aromatic rings. The Kier molecular flexibility index (Phi) is 4.04. The molecular weight excluding hydrogens is 340 g/mol. The number of carbonyl (C=O) groups is 2. The second-order valence-electron chi connectivity index (χ2n) is 6.65. The van der Waals surface area contributed by atoms with E-state index in [2.05, 4.69) is 0 Å². The van der Waals surface area contributed by atoms with Crippen LogP contribution in [0.25, 0.3) is 0 Å². The van der Waals surface area contributed by atoms with E-state index in [-0.39, 0.29) is 11.8 Å². The molecule has 2 amide bonds. The molecule has 1 saturated carbocycles. The van der Waals surface area contributed by atoms with Gasteiger partial charge in [0.05, 0.1) is 11.7 Å². The summed E-state index contributed by atoms with van der Waals surface area (Å²) in [5.74, 6) is 0.399. The van der Waals surface area contributed by atoms with Gasteiger partial charge in [-0.05, 0) is 42.7 Å². The van der Waals surface area contributed by atoms with Crippen LogP contribution in [-0.4, -0.2) is 47.8 Å². The predicted octanol–water partition coefficient (Wildman–Crippen LogP) is 2.95. The van der Waals surface area contributed by atoms with E-state index in [0.717, 1.165) is 18.4 Å². The van der Waals surface area contributed by atoms with Gasteiger partial charge in [0, 0.05) is 31.2 Å². The van der Waals surface area contributed by atoms with Gasteiger partial charge in [0.2, 0.25) is 5.91 Å². The Labute approximate surface area is 151 Å². The SMILES string of the molecule is O=C(c1ccco1)N1CCN(C(=O)C2(c3ccc(Cl)cc3)CC2)CC1. The van der Waals surface area contributed by atoms with Crippen LogP contribution in [0.15, 0.2) is 47.1 Å². The molecule has 5 nitrogen and oxygen atoms in total. The second kappa shape index (κ2) is 6.23. The summed E-state index contributed by atoms with van der Waals surface area (Å²) in [6.45, 7) is 2.17. The Morgan fingerprint density at radius 2 is 1.60 bits per heavy atom. The molecule has 0 spiro atoms. The number of nitrogens with zero attached hydrogens (tertiary/aromatic N) is 2. The molecule has 0 N–H and O–H groups in total. The van der Waals surface area contributed by atoms with Crippen molar-refractivity contribution in [2.24, 2.45) is 0 Å². The highest BCUT2D eigenvalue weighted by Gasteiger charge is 2.53. The molecule has 1 aliphatic heterocycles. The summed E-state index contributed by atoms with van der Waals surface area (Å²) in [4.78, 5) is 29.0. The lowest BCUT2D eigenvalue weighted by molar-refractivity contribution is -0.135. The normalized spacial score (nSPS) is 18.9. The van der Waals surface area contributed by atoms with Crippen LogP contribution in [-0.2, 0) is 10.2 Å². The van der Waals surface area contributed by atoms with Crippen molar-refractivity contribution in [2.75, 3.05) is 26.2 Å². The van der Waals surface area contributed by atoms with Gasteiger partial charge in [0.15, 0.2) is 5.76 Å². The number of hydrogen-bond donors (Lipinski definition) is 0. The van der Waals surface area contributed by atoms with Gasteiger partial charge in [-0.15, -0.1) is 0 Å². The Morgan fingerprint density at radius 1 is 0.960 bits per heavy atom. The maximum absolute atomic E-state index is 13.0. The highest BCUT2D eigenvalue weighted by Crippen LogP contribution is 2.49. The van der Waals surface area contributed by atoms with Crippen molar-refractivity contribution in [1.29, 1.82) is 0 Å². The van der Waals surface area contributed by atoms with Crippen molar-refractivity contribution in [1.82, 2.24) is 9.80 Å². The molecule has 0 unspecified atom stereocenters. The van der Waals surface area contributed by atoms with Crippen molar-refractivity contribution < 1.29 is 14.0 Å². The van der Waals surface area contributed by atoms with Crippen molar-refractivity contribution in [3.8, 4) is 0 Å². The first-order chi connectivity index (χ1) is 12.1. The number of rotatable bonds is 3. The molecule has 1 saturated heterocycles. The monoisotopic (exact) mass is 358 g/mol. The molecule has 1 aliphatic carbocycles. The minimum absolute atomic E-state index is 0.115. The zero-order valence-electron chi connectivity index (χ0n) is 13.8. The fourth-order valence-corrected chi connectivity index (χ4v) is 3.62. The topological polar surface area (TPSA) is 53.8 Å². The zero-order chi connectivity index (χ0) is 17.4. The molecule has 6 heteroatoms. The van der Waals surface area contributed by atoms with Crippen LogP contribution in [0.3, 0.4) is 0 Å². The van der Waals surface area contributed by atoms with Crippen LogP contribution in [0.1, 0.15) is 29.0 Å². The molecule has 1 aromatic carbocycles. The van der Waals surface area contributed by atoms with Gasteiger partial charge in [-0.1, -0.05) is 23.7 Å². The molecule has 1 aromatic heterocycles. The van der Waals surface area contributed by atoms with Crippen molar-refractivity contribution in [3.05, 3.63) is 59.0 Å². The van der Waals surface area contributed by atoms with Gasteiger partial charge in [0.25, 0.3) is 5.91 Å². The predicted molar refractivity (Wildman–Crippen MR) is 93.6 cm³/mol. The van der Waals surface area contributed by atoms with E-state index in [9.17, 15) is 9.59 Å². The van der Waals surface area contributed by atoms with E-state index in [0.29, 0.717) is 37.0 Å². The quantitative estimate of drug-likeness (QED) is 0.847. The zero-order valence-corrected chi connectivity index (χ0v) is 14.5. The highest BCUT2D eigenvalue weighted by atomic mass is 35.5. The lowest BCUT2D eigenvalue weighted by Crippen LogP contribution is -2.52. The van der Waals surface area contributed by atoms with Gasteiger partial charge in [0.1, 0.15) is 0 Å². The van der Waals surface area contributed by atoms with E-state index in [4.69, 9.17) is 16.0 Å². The number of hydrogen-bond acceptors (Lipinski definition) is 3. The molecule has 0 atom stereocenters.